The molecule has 4 aliphatic rings. The van der Waals surface area contributed by atoms with Gasteiger partial charge in [0.1, 0.15) is 11.5 Å². The molecule has 2 N–H and O–H groups in total. The lowest BCUT2D eigenvalue weighted by Crippen LogP contribution is -2.60. The quantitative estimate of drug-likeness (QED) is 0.843. The van der Waals surface area contributed by atoms with Gasteiger partial charge in [-0.2, -0.15) is 0 Å². The lowest BCUT2D eigenvalue weighted by molar-refractivity contribution is -0.00349. The van der Waals surface area contributed by atoms with Crippen LogP contribution >= 0.6 is 0 Å². The zero-order valence-corrected chi connectivity index (χ0v) is 16.1. The van der Waals surface area contributed by atoms with Gasteiger partial charge in [0, 0.05) is 18.5 Å². The Hall–Kier alpha value is -2.53. The monoisotopic (exact) mass is 378 g/mol. The van der Waals surface area contributed by atoms with Crippen LogP contribution < -0.4 is 0 Å². The van der Waals surface area contributed by atoms with Crippen molar-refractivity contribution in [3.8, 4) is 11.5 Å². The molecule has 0 spiro atoms. The maximum Gasteiger partial charge on any atom is 0.257 e. The Morgan fingerprint density at radius 1 is 1.04 bits per heavy atom. The second-order valence-corrected chi connectivity index (χ2v) is 8.53. The molecule has 4 saturated heterocycles. The molecule has 6 rings (SSSR count). The zero-order valence-electron chi connectivity index (χ0n) is 16.1. The minimum atomic E-state index is -0.0797. The van der Waals surface area contributed by atoms with Crippen LogP contribution in [0.5, 0.6) is 11.5 Å². The normalized spacial score (nSPS) is 31.0. The van der Waals surface area contributed by atoms with Crippen LogP contribution in [-0.4, -0.2) is 57.6 Å². The SMILES string of the molecule is Cc1ccc(C(=O)N2C[C@@H](c3cccc(O)c3)[C@@H]3[C@H]2C2CCN3CC2)c(O)c1. The fourth-order valence-corrected chi connectivity index (χ4v) is 5.68. The molecule has 0 aromatic heterocycles. The Morgan fingerprint density at radius 2 is 1.82 bits per heavy atom. The number of hydrogen-bond donors (Lipinski definition) is 2. The van der Waals surface area contributed by atoms with Crippen molar-refractivity contribution in [2.75, 3.05) is 19.6 Å². The van der Waals surface area contributed by atoms with E-state index < -0.39 is 0 Å². The van der Waals surface area contributed by atoms with E-state index in [1.165, 1.54) is 0 Å². The number of piperidine rings is 3. The number of phenols is 2. The zero-order chi connectivity index (χ0) is 19.4. The molecule has 3 atom stereocenters. The topological polar surface area (TPSA) is 64.0 Å². The van der Waals surface area contributed by atoms with E-state index in [9.17, 15) is 15.0 Å². The van der Waals surface area contributed by atoms with Crippen molar-refractivity contribution >= 4 is 5.91 Å². The number of carbonyl (C=O) groups is 1. The summed E-state index contributed by atoms with van der Waals surface area (Å²) in [5, 5.41) is 20.4. The highest BCUT2D eigenvalue weighted by Gasteiger charge is 2.54. The predicted octanol–water partition coefficient (Wildman–Crippen LogP) is 3.11. The smallest absolute Gasteiger partial charge is 0.257 e. The number of aryl methyl sites for hydroxylation is 1. The van der Waals surface area contributed by atoms with Crippen LogP contribution in [0.2, 0.25) is 0 Å². The Balaban J connectivity index is 1.54. The lowest BCUT2D eigenvalue weighted by Gasteiger charge is -2.51. The van der Waals surface area contributed by atoms with Gasteiger partial charge in [-0.3, -0.25) is 9.69 Å². The Labute approximate surface area is 165 Å². The molecule has 5 heteroatoms. The number of benzene rings is 2. The highest BCUT2D eigenvalue weighted by atomic mass is 16.3. The van der Waals surface area contributed by atoms with E-state index in [1.807, 2.05) is 30.0 Å². The van der Waals surface area contributed by atoms with Crippen LogP contribution in [-0.2, 0) is 0 Å². The van der Waals surface area contributed by atoms with Gasteiger partial charge in [-0.1, -0.05) is 18.2 Å². The third-order valence-electron chi connectivity index (χ3n) is 6.94. The number of hydrogen-bond acceptors (Lipinski definition) is 4. The highest BCUT2D eigenvalue weighted by Crippen LogP contribution is 2.47. The third-order valence-corrected chi connectivity index (χ3v) is 6.94. The van der Waals surface area contributed by atoms with E-state index >= 15 is 0 Å². The molecule has 0 radical (unpaired) electrons. The number of likely N-dealkylation sites (tertiary alicyclic amines) is 1. The first kappa shape index (κ1) is 17.6. The molecule has 1 amide bonds. The average Bonchev–Trinajstić information content (AvgIpc) is 3.11. The van der Waals surface area contributed by atoms with Crippen molar-refractivity contribution in [1.82, 2.24) is 9.80 Å². The van der Waals surface area contributed by atoms with E-state index in [1.54, 1.807) is 18.2 Å². The average molecular weight is 378 g/mol. The summed E-state index contributed by atoms with van der Waals surface area (Å²) >= 11 is 0. The number of amides is 1. The molecule has 146 valence electrons. The van der Waals surface area contributed by atoms with Gasteiger partial charge >= 0.3 is 0 Å². The van der Waals surface area contributed by atoms with Gasteiger partial charge in [-0.05, 0) is 74.2 Å². The summed E-state index contributed by atoms with van der Waals surface area (Å²) in [6.45, 7) is 4.70. The second-order valence-electron chi connectivity index (χ2n) is 8.53. The van der Waals surface area contributed by atoms with Crippen LogP contribution in [0, 0.1) is 12.8 Å². The number of carbonyl (C=O) groups excluding carboxylic acids is 1. The maximum atomic E-state index is 13.5. The number of rotatable bonds is 2. The van der Waals surface area contributed by atoms with Crippen molar-refractivity contribution in [1.29, 1.82) is 0 Å². The second kappa shape index (κ2) is 6.52. The summed E-state index contributed by atoms with van der Waals surface area (Å²) in [6.07, 6.45) is 2.25. The molecule has 4 heterocycles. The molecule has 0 unspecified atom stereocenters. The van der Waals surface area contributed by atoms with Crippen molar-refractivity contribution in [3.63, 3.8) is 0 Å². The van der Waals surface area contributed by atoms with E-state index in [0.717, 1.165) is 37.1 Å². The molecular formula is C23H26N2O3. The molecule has 2 aromatic rings. The number of phenolic OH excluding ortho intramolecular Hbond substituents is 2. The highest BCUT2D eigenvalue weighted by molar-refractivity contribution is 5.97. The van der Waals surface area contributed by atoms with Crippen LogP contribution in [0.25, 0.3) is 0 Å². The van der Waals surface area contributed by atoms with E-state index in [2.05, 4.69) is 11.0 Å². The standard InChI is InChI=1S/C23H26N2O3/c1-14-5-6-18(20(27)11-14)23(28)25-13-19(16-3-2-4-17(26)12-16)22-21(25)15-7-9-24(22)10-8-15/h2-6,11-12,15,19,21-22,26-27H,7-10,13H2,1H3/t19-,21+,22+/m0/s1. The minimum Gasteiger partial charge on any atom is -0.508 e. The van der Waals surface area contributed by atoms with Crippen molar-refractivity contribution in [3.05, 3.63) is 59.2 Å². The van der Waals surface area contributed by atoms with Crippen molar-refractivity contribution in [2.24, 2.45) is 5.92 Å². The van der Waals surface area contributed by atoms with Gasteiger partial charge in [0.15, 0.2) is 0 Å². The largest absolute Gasteiger partial charge is 0.508 e. The lowest BCUT2D eigenvalue weighted by atomic mass is 9.75. The van der Waals surface area contributed by atoms with Crippen molar-refractivity contribution < 1.29 is 15.0 Å². The Bertz CT molecular complexity index is 920. The maximum absolute atomic E-state index is 13.5. The Kier molecular flexibility index (Phi) is 4.09. The number of fused-ring (bicyclic) bond motifs is 2. The summed E-state index contributed by atoms with van der Waals surface area (Å²) in [5.41, 5.74) is 2.41. The summed E-state index contributed by atoms with van der Waals surface area (Å²) in [4.78, 5) is 18.0. The summed E-state index contributed by atoms with van der Waals surface area (Å²) < 4.78 is 0. The fraction of sp³-hybridized carbons (Fsp3) is 0.435. The van der Waals surface area contributed by atoms with E-state index in [-0.39, 0.29) is 35.4 Å². The fourth-order valence-electron chi connectivity index (χ4n) is 5.68. The van der Waals surface area contributed by atoms with Gasteiger partial charge in [0.05, 0.1) is 11.6 Å². The number of nitrogens with zero attached hydrogens (tertiary/aromatic N) is 2. The predicted molar refractivity (Wildman–Crippen MR) is 107 cm³/mol. The molecule has 2 aromatic carbocycles. The first-order valence-corrected chi connectivity index (χ1v) is 10.2. The molecule has 28 heavy (non-hydrogen) atoms. The molecule has 2 bridgehead atoms. The van der Waals surface area contributed by atoms with Crippen LogP contribution in [0.3, 0.4) is 0 Å². The minimum absolute atomic E-state index is 0.0589. The van der Waals surface area contributed by atoms with Crippen molar-refractivity contribution in [2.45, 2.75) is 37.8 Å². The van der Waals surface area contributed by atoms with Crippen LogP contribution in [0.1, 0.15) is 40.2 Å². The first-order chi connectivity index (χ1) is 13.5. The van der Waals surface area contributed by atoms with E-state index in [0.29, 0.717) is 18.0 Å². The molecule has 5 nitrogen and oxygen atoms in total. The molecule has 4 aliphatic heterocycles. The van der Waals surface area contributed by atoms with Gasteiger partial charge in [-0.15, -0.1) is 0 Å². The summed E-state index contributed by atoms with van der Waals surface area (Å²) in [7, 11) is 0. The molecule has 0 saturated carbocycles. The van der Waals surface area contributed by atoms with Crippen LogP contribution in [0.4, 0.5) is 0 Å². The molecule has 0 aliphatic carbocycles. The summed E-state index contributed by atoms with van der Waals surface area (Å²) in [5.74, 6) is 0.934. The number of aromatic hydroxyl groups is 2. The van der Waals surface area contributed by atoms with Gasteiger partial charge in [-0.25, -0.2) is 0 Å². The van der Waals surface area contributed by atoms with E-state index in [4.69, 9.17) is 0 Å². The first-order valence-electron chi connectivity index (χ1n) is 10.2. The molecular weight excluding hydrogens is 352 g/mol. The van der Waals surface area contributed by atoms with Gasteiger partial charge in [0.25, 0.3) is 5.91 Å². The molecule has 4 fully saturated rings. The van der Waals surface area contributed by atoms with Gasteiger partial charge in [0.2, 0.25) is 0 Å². The Morgan fingerprint density at radius 3 is 2.54 bits per heavy atom. The summed E-state index contributed by atoms with van der Waals surface area (Å²) in [6, 6.07) is 13.2. The van der Waals surface area contributed by atoms with Gasteiger partial charge < -0.3 is 15.1 Å². The third kappa shape index (κ3) is 2.68. The van der Waals surface area contributed by atoms with Crippen LogP contribution in [0.15, 0.2) is 42.5 Å².